The van der Waals surface area contributed by atoms with Crippen LogP contribution in [0.5, 0.6) is 5.75 Å². The standard InChI is InChI=1S/C26H28FNO5/c1-15-11-18(3-5-21(15)27)28-22-6-4-19(29)12-20(22)23(24(28)16-7-9-33-10-8-16)17-13-26(14-17,32-2)25(30)31/h3-6,11-12,16-17,29H,7-10,13-14H2,1-2H3,(H,30,31). The Hall–Kier alpha value is -2.90. The molecule has 1 saturated carbocycles. The molecule has 1 aliphatic heterocycles. The van der Waals surface area contributed by atoms with Gasteiger partial charge in [0.1, 0.15) is 11.6 Å². The van der Waals surface area contributed by atoms with Crippen LogP contribution < -0.4 is 0 Å². The summed E-state index contributed by atoms with van der Waals surface area (Å²) in [5.41, 5.74) is 3.30. The number of aryl methyl sites for hydroxylation is 1. The van der Waals surface area contributed by atoms with Gasteiger partial charge in [-0.25, -0.2) is 9.18 Å². The first-order chi connectivity index (χ1) is 15.8. The van der Waals surface area contributed by atoms with Gasteiger partial charge in [0.2, 0.25) is 0 Å². The second-order valence-electron chi connectivity index (χ2n) is 9.26. The zero-order valence-corrected chi connectivity index (χ0v) is 18.8. The summed E-state index contributed by atoms with van der Waals surface area (Å²) in [4.78, 5) is 11.9. The smallest absolute Gasteiger partial charge is 0.335 e. The monoisotopic (exact) mass is 453 g/mol. The lowest BCUT2D eigenvalue weighted by atomic mass is 9.66. The Labute approximate surface area is 191 Å². The topological polar surface area (TPSA) is 80.9 Å². The molecule has 33 heavy (non-hydrogen) atoms. The number of aliphatic carboxylic acids is 1. The molecule has 1 aliphatic carbocycles. The molecule has 6 nitrogen and oxygen atoms in total. The van der Waals surface area contributed by atoms with Crippen molar-refractivity contribution in [2.45, 2.75) is 50.0 Å². The van der Waals surface area contributed by atoms with Crippen molar-refractivity contribution in [3.05, 3.63) is 59.0 Å². The summed E-state index contributed by atoms with van der Waals surface area (Å²) in [6.45, 7) is 3.05. The maximum absolute atomic E-state index is 14.1. The van der Waals surface area contributed by atoms with E-state index in [9.17, 15) is 19.4 Å². The number of aromatic hydroxyl groups is 1. The highest BCUT2D eigenvalue weighted by Crippen LogP contribution is 2.53. The molecular formula is C26H28FNO5. The number of carboxylic acids is 1. The zero-order chi connectivity index (χ0) is 23.3. The van der Waals surface area contributed by atoms with Crippen LogP contribution in [0.1, 0.15) is 54.3 Å². The van der Waals surface area contributed by atoms with Crippen LogP contribution in [-0.4, -0.2) is 46.7 Å². The number of phenols is 1. The highest BCUT2D eigenvalue weighted by atomic mass is 19.1. The number of phenolic OH excluding ortho intramolecular Hbond substituents is 1. The Morgan fingerprint density at radius 2 is 1.88 bits per heavy atom. The van der Waals surface area contributed by atoms with Gasteiger partial charge >= 0.3 is 5.97 Å². The number of rotatable bonds is 5. The molecule has 0 amide bonds. The maximum atomic E-state index is 14.1. The Bertz CT molecular complexity index is 1220. The molecule has 0 bridgehead atoms. The van der Waals surface area contributed by atoms with Crippen molar-refractivity contribution in [3.8, 4) is 11.4 Å². The number of aromatic nitrogens is 1. The van der Waals surface area contributed by atoms with Gasteiger partial charge in [-0.05, 0) is 86.1 Å². The van der Waals surface area contributed by atoms with Gasteiger partial charge < -0.3 is 24.3 Å². The second kappa shape index (κ2) is 8.15. The number of nitrogens with zero attached hydrogens (tertiary/aromatic N) is 1. The SMILES string of the molecule is COC1(C(=O)O)CC(c2c(C3CCOCC3)n(-c3ccc(F)c(C)c3)c3ccc(O)cc23)C1. The van der Waals surface area contributed by atoms with Gasteiger partial charge in [0, 0.05) is 43.0 Å². The molecule has 0 radical (unpaired) electrons. The molecule has 1 saturated heterocycles. The minimum Gasteiger partial charge on any atom is -0.508 e. The Kier molecular flexibility index (Phi) is 5.41. The third kappa shape index (κ3) is 3.50. The Balaban J connectivity index is 1.75. The van der Waals surface area contributed by atoms with E-state index in [1.807, 2.05) is 12.1 Å². The zero-order valence-electron chi connectivity index (χ0n) is 18.8. The summed E-state index contributed by atoms with van der Waals surface area (Å²) < 4.78 is 27.3. The van der Waals surface area contributed by atoms with Crippen LogP contribution in [0.2, 0.25) is 0 Å². The van der Waals surface area contributed by atoms with Gasteiger partial charge in [-0.15, -0.1) is 0 Å². The fraction of sp³-hybridized carbons (Fsp3) is 0.423. The summed E-state index contributed by atoms with van der Waals surface area (Å²) in [6, 6.07) is 10.4. The average molecular weight is 454 g/mol. The number of methoxy groups -OCH3 is 1. The van der Waals surface area contributed by atoms with Crippen LogP contribution in [0, 0.1) is 12.7 Å². The molecule has 174 valence electrons. The highest BCUT2D eigenvalue weighted by Gasteiger charge is 2.53. The van der Waals surface area contributed by atoms with E-state index in [4.69, 9.17) is 9.47 Å². The number of carboxylic acid groups (broad SMARTS) is 1. The molecule has 7 heteroatoms. The molecule has 0 spiro atoms. The molecule has 2 heterocycles. The van der Waals surface area contributed by atoms with E-state index in [0.717, 1.165) is 40.7 Å². The molecule has 1 aromatic heterocycles. The minimum atomic E-state index is -1.19. The van der Waals surface area contributed by atoms with Crippen LogP contribution in [0.15, 0.2) is 36.4 Å². The van der Waals surface area contributed by atoms with Crippen LogP contribution in [0.4, 0.5) is 4.39 Å². The van der Waals surface area contributed by atoms with Gasteiger partial charge in [0.25, 0.3) is 0 Å². The van der Waals surface area contributed by atoms with E-state index >= 15 is 0 Å². The molecule has 2 fully saturated rings. The summed E-state index contributed by atoms with van der Waals surface area (Å²) in [6.07, 6.45) is 2.42. The molecule has 3 aromatic rings. The lowest BCUT2D eigenvalue weighted by Crippen LogP contribution is -2.51. The lowest BCUT2D eigenvalue weighted by Gasteiger charge is -2.44. The molecule has 5 rings (SSSR count). The Morgan fingerprint density at radius 1 is 1.15 bits per heavy atom. The second-order valence-corrected chi connectivity index (χ2v) is 9.26. The predicted molar refractivity (Wildman–Crippen MR) is 122 cm³/mol. The summed E-state index contributed by atoms with van der Waals surface area (Å²) in [5.74, 6) is -0.868. The van der Waals surface area contributed by atoms with Gasteiger partial charge in [0.05, 0.1) is 5.52 Å². The van der Waals surface area contributed by atoms with Crippen LogP contribution in [0.3, 0.4) is 0 Å². The van der Waals surface area contributed by atoms with Crippen molar-refractivity contribution in [2.75, 3.05) is 20.3 Å². The number of ether oxygens (including phenoxy) is 2. The predicted octanol–water partition coefficient (Wildman–Crippen LogP) is 5.02. The Morgan fingerprint density at radius 3 is 2.52 bits per heavy atom. The first-order valence-electron chi connectivity index (χ1n) is 11.3. The largest absolute Gasteiger partial charge is 0.508 e. The van der Waals surface area contributed by atoms with Crippen molar-refractivity contribution in [1.29, 1.82) is 0 Å². The number of fused-ring (bicyclic) bond motifs is 1. The molecular weight excluding hydrogens is 425 g/mol. The van der Waals surface area contributed by atoms with E-state index in [1.54, 1.807) is 25.1 Å². The summed E-state index contributed by atoms with van der Waals surface area (Å²) in [5, 5.41) is 21.0. The molecule has 2 aliphatic rings. The van der Waals surface area contributed by atoms with Crippen molar-refractivity contribution in [2.24, 2.45) is 0 Å². The number of carbonyl (C=O) groups is 1. The van der Waals surface area contributed by atoms with Crippen molar-refractivity contribution >= 4 is 16.9 Å². The third-order valence-electron chi connectivity index (χ3n) is 7.38. The van der Waals surface area contributed by atoms with Crippen molar-refractivity contribution < 1.29 is 28.9 Å². The van der Waals surface area contributed by atoms with E-state index in [2.05, 4.69) is 4.57 Å². The summed E-state index contributed by atoms with van der Waals surface area (Å²) in [7, 11) is 1.44. The number of halogens is 1. The molecule has 0 atom stereocenters. The van der Waals surface area contributed by atoms with Crippen LogP contribution in [0.25, 0.3) is 16.6 Å². The normalized spacial score (nSPS) is 23.5. The van der Waals surface area contributed by atoms with E-state index in [-0.39, 0.29) is 23.4 Å². The molecule has 0 unspecified atom stereocenters. The summed E-state index contributed by atoms with van der Waals surface area (Å²) >= 11 is 0. The number of benzene rings is 2. The highest BCUT2D eigenvalue weighted by molar-refractivity contribution is 5.90. The van der Waals surface area contributed by atoms with Gasteiger partial charge in [0.15, 0.2) is 5.60 Å². The third-order valence-corrected chi connectivity index (χ3v) is 7.38. The first kappa shape index (κ1) is 21.9. The average Bonchev–Trinajstić information content (AvgIpc) is 3.10. The minimum absolute atomic E-state index is 0.0222. The first-order valence-corrected chi connectivity index (χ1v) is 11.3. The lowest BCUT2D eigenvalue weighted by molar-refractivity contribution is -0.175. The number of hydrogen-bond donors (Lipinski definition) is 2. The van der Waals surface area contributed by atoms with Gasteiger partial charge in [-0.2, -0.15) is 0 Å². The van der Waals surface area contributed by atoms with Crippen molar-refractivity contribution in [1.82, 2.24) is 4.57 Å². The van der Waals surface area contributed by atoms with Crippen LogP contribution in [-0.2, 0) is 14.3 Å². The van der Waals surface area contributed by atoms with Crippen LogP contribution >= 0.6 is 0 Å². The maximum Gasteiger partial charge on any atom is 0.335 e. The quantitative estimate of drug-likeness (QED) is 0.567. The van der Waals surface area contributed by atoms with E-state index in [0.29, 0.717) is 31.6 Å². The van der Waals surface area contributed by atoms with Gasteiger partial charge in [-0.1, -0.05) is 0 Å². The fourth-order valence-electron chi connectivity index (χ4n) is 5.54. The number of hydrogen-bond acceptors (Lipinski definition) is 4. The fourth-order valence-corrected chi connectivity index (χ4v) is 5.54. The van der Waals surface area contributed by atoms with E-state index < -0.39 is 11.6 Å². The van der Waals surface area contributed by atoms with E-state index in [1.165, 1.54) is 13.2 Å². The molecule has 2 aromatic carbocycles. The van der Waals surface area contributed by atoms with Crippen molar-refractivity contribution in [3.63, 3.8) is 0 Å². The molecule has 2 N–H and O–H groups in total. The van der Waals surface area contributed by atoms with Gasteiger partial charge in [-0.3, -0.25) is 0 Å².